The van der Waals surface area contributed by atoms with E-state index in [1.165, 1.54) is 0 Å². The Kier molecular flexibility index (Phi) is 7.20. The fourth-order valence-corrected chi connectivity index (χ4v) is 1.21. The number of nitrogens with two attached hydrogens (primary N) is 1. The summed E-state index contributed by atoms with van der Waals surface area (Å²) in [6.07, 6.45) is 3.34. The molecule has 0 radical (unpaired) electrons. The highest BCUT2D eigenvalue weighted by Gasteiger charge is 1.98. The monoisotopic (exact) mass is 219 g/mol. The number of hydrogen-bond donors (Lipinski definition) is 3. The molecule has 3 N–H and O–H groups in total. The van der Waals surface area contributed by atoms with Gasteiger partial charge >= 0.3 is 0 Å². The molecule has 0 aromatic rings. The highest BCUT2D eigenvalue weighted by Crippen LogP contribution is 1.97. The van der Waals surface area contributed by atoms with Crippen LogP contribution in [0, 0.1) is 0 Å². The van der Waals surface area contributed by atoms with Crippen molar-refractivity contribution in [2.75, 3.05) is 12.3 Å². The molecule has 0 heterocycles. The van der Waals surface area contributed by atoms with E-state index in [1.54, 1.807) is 0 Å². The van der Waals surface area contributed by atoms with Crippen molar-refractivity contribution < 1.29 is 11.0 Å². The zero-order valence-electron chi connectivity index (χ0n) is 9.21. The van der Waals surface area contributed by atoms with Crippen molar-refractivity contribution in [1.29, 1.82) is 0 Å². The van der Waals surface area contributed by atoms with Crippen LogP contribution in [0.15, 0.2) is 0 Å². The number of amides is 2. The van der Waals surface area contributed by atoms with Gasteiger partial charge in [0.1, 0.15) is 0 Å². The number of hydrogen-bond acceptors (Lipinski definition) is 3. The smallest absolute Gasteiger partial charge is 0.220 e. The first kappa shape index (κ1) is 11.4. The minimum Gasteiger partial charge on any atom is -0.370 e. The summed E-state index contributed by atoms with van der Waals surface area (Å²) >= 11 is 3.95. The van der Waals surface area contributed by atoms with Crippen molar-refractivity contribution in [3.63, 3.8) is 0 Å². The molecule has 0 fully saturated rings. The number of thiol groups is 1. The topological polar surface area (TPSA) is 72.2 Å². The zero-order valence-corrected chi connectivity index (χ0v) is 9.11. The summed E-state index contributed by atoms with van der Waals surface area (Å²) in [6, 6.07) is 0. The van der Waals surface area contributed by atoms with Crippen LogP contribution in [0.2, 0.25) is 1.41 Å². The van der Waals surface area contributed by atoms with Gasteiger partial charge in [-0.05, 0) is 18.6 Å². The molecule has 82 valence electrons. The Balaban J connectivity index is 3.18. The highest BCUT2D eigenvalue weighted by molar-refractivity contribution is 7.80. The summed E-state index contributed by atoms with van der Waals surface area (Å²) in [5.41, 5.74) is 1.82. The second kappa shape index (κ2) is 8.87. The Labute approximate surface area is 91.5 Å². The van der Waals surface area contributed by atoms with Gasteiger partial charge in [0, 0.05) is 19.4 Å². The molecule has 4 nitrogen and oxygen atoms in total. The molecule has 0 aliphatic heterocycles. The summed E-state index contributed by atoms with van der Waals surface area (Å²) in [6.45, 7) is 0.648. The lowest BCUT2D eigenvalue weighted by molar-refractivity contribution is -0.121. The predicted molar refractivity (Wildman–Crippen MR) is 59.1 cm³/mol. The van der Waals surface area contributed by atoms with Gasteiger partial charge in [-0.25, -0.2) is 0 Å². The van der Waals surface area contributed by atoms with Gasteiger partial charge in [0.25, 0.3) is 0 Å². The van der Waals surface area contributed by atoms with E-state index >= 15 is 0 Å². The second-order valence-corrected chi connectivity index (χ2v) is 3.50. The number of unbranched alkanes of at least 4 members (excludes halogenated alkanes) is 2. The lowest BCUT2D eigenvalue weighted by Crippen LogP contribution is -2.24. The molecule has 0 aliphatic carbocycles. The van der Waals surface area contributed by atoms with Crippen LogP contribution in [-0.4, -0.2) is 24.1 Å². The predicted octanol–water partition coefficient (Wildman–Crippen LogP) is 0.468. The van der Waals surface area contributed by atoms with Gasteiger partial charge in [0.15, 0.2) is 1.41 Å². The van der Waals surface area contributed by atoms with Gasteiger partial charge in [0.2, 0.25) is 11.8 Å². The van der Waals surface area contributed by atoms with Crippen LogP contribution in [-0.2, 0) is 9.59 Å². The SMILES string of the molecule is [2H]NC(=O)CCCCCNC(=O)CCS. The van der Waals surface area contributed by atoms with Gasteiger partial charge in [-0.2, -0.15) is 12.6 Å². The first-order valence-corrected chi connectivity index (χ1v) is 5.42. The Morgan fingerprint density at radius 1 is 1.29 bits per heavy atom. The van der Waals surface area contributed by atoms with E-state index in [-0.39, 0.29) is 11.8 Å². The molecular formula is C9H18N2O2S. The van der Waals surface area contributed by atoms with Crippen LogP contribution >= 0.6 is 12.6 Å². The van der Waals surface area contributed by atoms with Crippen LogP contribution in [0.1, 0.15) is 32.1 Å². The third-order valence-corrected chi connectivity index (χ3v) is 1.97. The summed E-state index contributed by atoms with van der Waals surface area (Å²) in [5, 5.41) is 2.76. The standard InChI is InChI=1S/C9H18N2O2S/c10-8(12)4-2-1-3-6-11-9(13)5-7-14/h14H,1-7H2,(H2,10,12)(H,11,13)/i/hD. The van der Waals surface area contributed by atoms with E-state index in [1.807, 2.05) is 5.73 Å². The fraction of sp³-hybridized carbons (Fsp3) is 0.778. The van der Waals surface area contributed by atoms with Crippen LogP contribution in [0.3, 0.4) is 0 Å². The largest absolute Gasteiger partial charge is 0.370 e. The van der Waals surface area contributed by atoms with Crippen molar-refractivity contribution >= 4 is 24.4 Å². The number of rotatable bonds is 8. The molecule has 0 rings (SSSR count). The molecular weight excluding hydrogens is 200 g/mol. The van der Waals surface area contributed by atoms with Crippen molar-refractivity contribution in [2.24, 2.45) is 5.73 Å². The Morgan fingerprint density at radius 3 is 2.71 bits per heavy atom. The van der Waals surface area contributed by atoms with E-state index in [4.69, 9.17) is 1.41 Å². The van der Waals surface area contributed by atoms with Crippen molar-refractivity contribution in [1.82, 2.24) is 5.32 Å². The molecule has 0 bridgehead atoms. The molecule has 0 aromatic heterocycles. The summed E-state index contributed by atoms with van der Waals surface area (Å²) < 4.78 is 6.56. The molecule has 0 spiro atoms. The average molecular weight is 219 g/mol. The number of carbonyl (C=O) groups excluding carboxylic acids is 2. The quantitative estimate of drug-likeness (QED) is 0.410. The molecule has 0 aromatic carbocycles. The van der Waals surface area contributed by atoms with Crippen molar-refractivity contribution in [3.05, 3.63) is 0 Å². The lowest BCUT2D eigenvalue weighted by Gasteiger charge is -2.03. The van der Waals surface area contributed by atoms with E-state index in [0.717, 1.165) is 19.3 Å². The zero-order chi connectivity index (χ0) is 11.5. The van der Waals surface area contributed by atoms with Gasteiger partial charge < -0.3 is 11.0 Å². The molecule has 14 heavy (non-hydrogen) atoms. The van der Waals surface area contributed by atoms with Gasteiger partial charge in [-0.15, -0.1) is 0 Å². The van der Waals surface area contributed by atoms with E-state index < -0.39 is 0 Å². The van der Waals surface area contributed by atoms with Crippen LogP contribution in [0.5, 0.6) is 0 Å². The van der Waals surface area contributed by atoms with Crippen LogP contribution in [0.4, 0.5) is 0 Å². The third kappa shape index (κ3) is 9.38. The van der Waals surface area contributed by atoms with Crippen LogP contribution < -0.4 is 11.0 Å². The van der Waals surface area contributed by atoms with Gasteiger partial charge in [0.05, 0.1) is 0 Å². The minimum absolute atomic E-state index is 0.0221. The molecule has 0 saturated heterocycles. The van der Waals surface area contributed by atoms with Crippen LogP contribution in [0.25, 0.3) is 0 Å². The fourth-order valence-electron chi connectivity index (χ4n) is 1.01. The number of nitrogens with one attached hydrogen (secondary N) is 1. The molecule has 0 atom stereocenters. The average Bonchev–Trinajstić information content (AvgIpc) is 2.23. The van der Waals surface area contributed by atoms with Gasteiger partial charge in [-0.1, -0.05) is 6.42 Å². The molecule has 0 aliphatic rings. The second-order valence-electron chi connectivity index (χ2n) is 3.06. The third-order valence-electron chi connectivity index (χ3n) is 1.74. The maximum Gasteiger partial charge on any atom is 0.220 e. The molecule has 2 amide bonds. The molecule has 0 unspecified atom stereocenters. The highest BCUT2D eigenvalue weighted by atomic mass is 32.1. The minimum atomic E-state index is -0.255. The molecule has 5 heteroatoms. The Bertz CT molecular complexity index is 203. The normalized spacial score (nSPS) is 10.5. The summed E-state index contributed by atoms with van der Waals surface area (Å²) in [4.78, 5) is 21.6. The summed E-state index contributed by atoms with van der Waals surface area (Å²) in [7, 11) is 0. The van der Waals surface area contributed by atoms with E-state index in [2.05, 4.69) is 17.9 Å². The maximum absolute atomic E-state index is 11.0. The lowest BCUT2D eigenvalue weighted by atomic mass is 10.2. The van der Waals surface area contributed by atoms with E-state index in [0.29, 0.717) is 25.1 Å². The Morgan fingerprint density at radius 2 is 2.07 bits per heavy atom. The first-order valence-electron chi connectivity index (χ1n) is 5.29. The first-order chi connectivity index (χ1) is 7.20. The van der Waals surface area contributed by atoms with Crippen molar-refractivity contribution in [2.45, 2.75) is 32.1 Å². The summed E-state index contributed by atoms with van der Waals surface area (Å²) in [5.74, 6) is 0.332. The van der Waals surface area contributed by atoms with E-state index in [9.17, 15) is 9.59 Å². The van der Waals surface area contributed by atoms with Gasteiger partial charge in [-0.3, -0.25) is 9.59 Å². The van der Waals surface area contributed by atoms with Crippen molar-refractivity contribution in [3.8, 4) is 0 Å². The number of carbonyl (C=O) groups is 2. The molecule has 0 saturated carbocycles. The Hall–Kier alpha value is -0.710. The number of primary amides is 1. The maximum atomic E-state index is 11.0.